The predicted octanol–water partition coefficient (Wildman–Crippen LogP) is 1.56. The highest BCUT2D eigenvalue weighted by Gasteiger charge is 2.38. The van der Waals surface area contributed by atoms with Crippen LogP contribution in [-0.2, 0) is 14.3 Å². The Hall–Kier alpha value is -2.24. The summed E-state index contributed by atoms with van der Waals surface area (Å²) < 4.78 is 17.6. The first-order chi connectivity index (χ1) is 10.0. The molecular weight excluding hydrogens is 277 g/mol. The van der Waals surface area contributed by atoms with Crippen molar-refractivity contribution in [3.8, 4) is 0 Å². The molecule has 21 heavy (non-hydrogen) atoms. The highest BCUT2D eigenvalue weighted by Crippen LogP contribution is 2.21. The van der Waals surface area contributed by atoms with Gasteiger partial charge in [-0.3, -0.25) is 9.59 Å². The molecule has 0 aromatic heterocycles. The molecule has 1 aliphatic heterocycles. The van der Waals surface area contributed by atoms with E-state index in [1.54, 1.807) is 6.92 Å². The molecule has 1 heterocycles. The molecule has 112 valence electrons. The van der Waals surface area contributed by atoms with Crippen LogP contribution in [0.25, 0.3) is 0 Å². The van der Waals surface area contributed by atoms with Gasteiger partial charge < -0.3 is 9.64 Å². The molecule has 2 rings (SSSR count). The molecule has 1 unspecified atom stereocenters. The van der Waals surface area contributed by atoms with E-state index in [-0.39, 0.29) is 12.5 Å². The third-order valence-electron chi connectivity index (χ3n) is 3.38. The first kappa shape index (κ1) is 15.2. The van der Waals surface area contributed by atoms with Crippen LogP contribution in [0, 0.1) is 5.82 Å². The van der Waals surface area contributed by atoms with Gasteiger partial charge in [-0.1, -0.05) is 0 Å². The van der Waals surface area contributed by atoms with Crippen LogP contribution in [0.15, 0.2) is 24.3 Å². The van der Waals surface area contributed by atoms with Gasteiger partial charge in [-0.05, 0) is 44.0 Å². The molecule has 1 amide bonds. The summed E-state index contributed by atoms with van der Waals surface area (Å²) in [6.45, 7) is 2.12. The van der Waals surface area contributed by atoms with E-state index in [0.717, 1.165) is 0 Å². The highest BCUT2D eigenvalue weighted by molar-refractivity contribution is 6.36. The zero-order chi connectivity index (χ0) is 15.4. The Kier molecular flexibility index (Phi) is 4.67. The third-order valence-corrected chi connectivity index (χ3v) is 3.38. The molecule has 0 bridgehead atoms. The molecule has 5 nitrogen and oxygen atoms in total. The maximum absolute atomic E-state index is 12.9. The van der Waals surface area contributed by atoms with Crippen LogP contribution in [0.4, 0.5) is 4.39 Å². The van der Waals surface area contributed by atoms with Crippen LogP contribution in [0.1, 0.15) is 30.1 Å². The average Bonchev–Trinajstić information content (AvgIpc) is 2.96. The van der Waals surface area contributed by atoms with E-state index in [1.165, 1.54) is 29.2 Å². The molecule has 0 spiro atoms. The Balaban J connectivity index is 2.14. The molecule has 1 fully saturated rings. The molecule has 1 aliphatic rings. The van der Waals surface area contributed by atoms with Crippen LogP contribution < -0.4 is 0 Å². The summed E-state index contributed by atoms with van der Waals surface area (Å²) in [4.78, 5) is 37.2. The number of ketones is 1. The van der Waals surface area contributed by atoms with Crippen LogP contribution in [-0.4, -0.2) is 41.8 Å². The van der Waals surface area contributed by atoms with Gasteiger partial charge in [-0.15, -0.1) is 0 Å². The van der Waals surface area contributed by atoms with E-state index < -0.39 is 23.6 Å². The van der Waals surface area contributed by atoms with Crippen LogP contribution in [0.3, 0.4) is 0 Å². The van der Waals surface area contributed by atoms with Crippen molar-refractivity contribution >= 4 is 17.7 Å². The first-order valence-corrected chi connectivity index (χ1v) is 6.82. The lowest BCUT2D eigenvalue weighted by Gasteiger charge is -2.23. The molecule has 0 saturated carbocycles. The van der Waals surface area contributed by atoms with Crippen LogP contribution in [0.5, 0.6) is 0 Å². The van der Waals surface area contributed by atoms with Crippen molar-refractivity contribution in [1.82, 2.24) is 4.90 Å². The van der Waals surface area contributed by atoms with E-state index in [0.29, 0.717) is 24.9 Å². The van der Waals surface area contributed by atoms with Gasteiger partial charge >= 0.3 is 5.97 Å². The van der Waals surface area contributed by atoms with Gasteiger partial charge in [0.05, 0.1) is 6.61 Å². The highest BCUT2D eigenvalue weighted by atomic mass is 19.1. The predicted molar refractivity (Wildman–Crippen MR) is 72.1 cm³/mol. The second-order valence-corrected chi connectivity index (χ2v) is 4.75. The molecule has 1 aromatic carbocycles. The summed E-state index contributed by atoms with van der Waals surface area (Å²) in [6.07, 6.45) is 1.08. The average molecular weight is 293 g/mol. The number of Topliss-reactive ketones (excluding diaryl/α,β-unsaturated/α-hetero) is 1. The van der Waals surface area contributed by atoms with Gasteiger partial charge in [-0.25, -0.2) is 9.18 Å². The Morgan fingerprint density at radius 1 is 1.29 bits per heavy atom. The fourth-order valence-corrected chi connectivity index (χ4v) is 2.38. The fraction of sp³-hybridized carbons (Fsp3) is 0.400. The Labute approximate surface area is 121 Å². The molecule has 0 N–H and O–H groups in total. The summed E-state index contributed by atoms with van der Waals surface area (Å²) in [6, 6.07) is 4.31. The van der Waals surface area contributed by atoms with Gasteiger partial charge in [0, 0.05) is 12.1 Å². The van der Waals surface area contributed by atoms with Gasteiger partial charge in [-0.2, -0.15) is 0 Å². The van der Waals surface area contributed by atoms with E-state index in [9.17, 15) is 18.8 Å². The number of benzene rings is 1. The van der Waals surface area contributed by atoms with Crippen LogP contribution in [0.2, 0.25) is 0 Å². The fourth-order valence-electron chi connectivity index (χ4n) is 2.38. The number of ether oxygens (including phenoxy) is 1. The Morgan fingerprint density at radius 3 is 2.57 bits per heavy atom. The smallest absolute Gasteiger partial charge is 0.376 e. The minimum Gasteiger partial charge on any atom is -0.460 e. The van der Waals surface area contributed by atoms with Crippen molar-refractivity contribution in [2.75, 3.05) is 13.2 Å². The number of carbonyl (C=O) groups excluding carboxylic acids is 3. The second kappa shape index (κ2) is 6.47. The Morgan fingerprint density at radius 2 is 1.95 bits per heavy atom. The maximum atomic E-state index is 12.9. The number of likely N-dealkylation sites (tertiary alicyclic amines) is 1. The topological polar surface area (TPSA) is 63.7 Å². The van der Waals surface area contributed by atoms with Crippen molar-refractivity contribution in [1.29, 1.82) is 0 Å². The normalized spacial score (nSPS) is 17.6. The SMILES string of the molecule is CCOC(=O)C(=O)C1CCCN1C(=O)c1ccc(F)cc1. The number of carbonyl (C=O) groups is 3. The third kappa shape index (κ3) is 3.26. The zero-order valence-corrected chi connectivity index (χ0v) is 11.7. The monoisotopic (exact) mass is 293 g/mol. The summed E-state index contributed by atoms with van der Waals surface area (Å²) >= 11 is 0. The lowest BCUT2D eigenvalue weighted by atomic mass is 10.1. The molecule has 0 radical (unpaired) electrons. The summed E-state index contributed by atoms with van der Waals surface area (Å²) in [5, 5.41) is 0. The van der Waals surface area contributed by atoms with E-state index in [4.69, 9.17) is 0 Å². The number of amides is 1. The first-order valence-electron chi connectivity index (χ1n) is 6.82. The zero-order valence-electron chi connectivity index (χ0n) is 11.7. The lowest BCUT2D eigenvalue weighted by Crippen LogP contribution is -2.43. The molecule has 1 aromatic rings. The van der Waals surface area contributed by atoms with Crippen molar-refractivity contribution in [3.05, 3.63) is 35.6 Å². The molecule has 1 saturated heterocycles. The summed E-state index contributed by atoms with van der Waals surface area (Å²) in [5.41, 5.74) is 0.292. The summed E-state index contributed by atoms with van der Waals surface area (Å²) in [5.74, 6) is -2.44. The van der Waals surface area contributed by atoms with Crippen molar-refractivity contribution in [2.45, 2.75) is 25.8 Å². The maximum Gasteiger partial charge on any atom is 0.376 e. The van der Waals surface area contributed by atoms with Crippen LogP contribution >= 0.6 is 0 Å². The van der Waals surface area contributed by atoms with Crippen molar-refractivity contribution in [3.63, 3.8) is 0 Å². The minimum absolute atomic E-state index is 0.114. The van der Waals surface area contributed by atoms with Crippen molar-refractivity contribution in [2.24, 2.45) is 0 Å². The van der Waals surface area contributed by atoms with E-state index in [2.05, 4.69) is 4.74 Å². The quantitative estimate of drug-likeness (QED) is 0.624. The lowest BCUT2D eigenvalue weighted by molar-refractivity contribution is -0.155. The standard InChI is InChI=1S/C15H16FNO4/c1-2-21-15(20)13(18)12-4-3-9-17(12)14(19)10-5-7-11(16)8-6-10/h5-8,12H,2-4,9H2,1H3. The van der Waals surface area contributed by atoms with E-state index >= 15 is 0 Å². The molecule has 0 aliphatic carbocycles. The number of rotatable bonds is 4. The number of halogens is 1. The Bertz CT molecular complexity index is 555. The van der Waals surface area contributed by atoms with Gasteiger partial charge in [0.15, 0.2) is 0 Å². The second-order valence-electron chi connectivity index (χ2n) is 4.75. The van der Waals surface area contributed by atoms with Gasteiger partial charge in [0.25, 0.3) is 11.7 Å². The van der Waals surface area contributed by atoms with Gasteiger partial charge in [0.1, 0.15) is 11.9 Å². The van der Waals surface area contributed by atoms with Gasteiger partial charge in [0.2, 0.25) is 0 Å². The molecule has 6 heteroatoms. The number of hydrogen-bond donors (Lipinski definition) is 0. The number of hydrogen-bond acceptors (Lipinski definition) is 4. The largest absolute Gasteiger partial charge is 0.460 e. The number of nitrogens with zero attached hydrogens (tertiary/aromatic N) is 1. The van der Waals surface area contributed by atoms with Crippen molar-refractivity contribution < 1.29 is 23.5 Å². The molecular formula is C15H16FNO4. The summed E-state index contributed by atoms with van der Waals surface area (Å²) in [7, 11) is 0. The van der Waals surface area contributed by atoms with E-state index in [1.807, 2.05) is 0 Å². The molecule has 1 atom stereocenters. The number of esters is 1. The minimum atomic E-state index is -0.915.